The van der Waals surface area contributed by atoms with Crippen molar-refractivity contribution < 1.29 is 22.7 Å². The lowest BCUT2D eigenvalue weighted by atomic mass is 10.1. The molecule has 0 bridgehead atoms. The Morgan fingerprint density at radius 3 is 2.16 bits per heavy atom. The molecule has 3 rings (SSSR count). The fraction of sp³-hybridized carbons (Fsp3) is 0.310. The van der Waals surface area contributed by atoms with E-state index in [4.69, 9.17) is 4.74 Å². The van der Waals surface area contributed by atoms with E-state index in [0.29, 0.717) is 18.0 Å². The number of methoxy groups -OCH3 is 1. The van der Waals surface area contributed by atoms with Gasteiger partial charge in [0.15, 0.2) is 0 Å². The second kappa shape index (κ2) is 13.1. The standard InChI is InChI=1S/C29H35N3O5S/c1-5-19-30-29(34)23(3)31(20-24-9-7-6-8-10-24)28(33)21-32(25-13-11-22(2)12-14-25)38(35,36)27-17-15-26(37-4)16-18-27/h6-18,23H,5,19-21H2,1-4H3,(H,30,34)/t23-/m1/s1. The third kappa shape index (κ3) is 7.13. The molecule has 3 aromatic carbocycles. The van der Waals surface area contributed by atoms with Gasteiger partial charge in [0.2, 0.25) is 11.8 Å². The molecule has 38 heavy (non-hydrogen) atoms. The van der Waals surface area contributed by atoms with E-state index in [0.717, 1.165) is 21.9 Å². The van der Waals surface area contributed by atoms with E-state index in [-0.39, 0.29) is 17.3 Å². The Labute approximate surface area is 225 Å². The molecule has 0 aliphatic heterocycles. The van der Waals surface area contributed by atoms with Gasteiger partial charge in [-0.2, -0.15) is 0 Å². The van der Waals surface area contributed by atoms with Gasteiger partial charge in [0, 0.05) is 13.1 Å². The minimum Gasteiger partial charge on any atom is -0.497 e. The summed E-state index contributed by atoms with van der Waals surface area (Å²) in [6.07, 6.45) is 0.756. The summed E-state index contributed by atoms with van der Waals surface area (Å²) in [6.45, 7) is 5.66. The first-order chi connectivity index (χ1) is 18.2. The lowest BCUT2D eigenvalue weighted by Crippen LogP contribution is -2.51. The number of amides is 2. The van der Waals surface area contributed by atoms with Crippen LogP contribution in [0.2, 0.25) is 0 Å². The third-order valence-corrected chi connectivity index (χ3v) is 7.95. The summed E-state index contributed by atoms with van der Waals surface area (Å²) in [5.74, 6) is -0.274. The van der Waals surface area contributed by atoms with Crippen LogP contribution in [0.5, 0.6) is 5.75 Å². The lowest BCUT2D eigenvalue weighted by molar-refractivity contribution is -0.139. The molecule has 0 fully saturated rings. The van der Waals surface area contributed by atoms with Crippen molar-refractivity contribution in [1.82, 2.24) is 10.2 Å². The lowest BCUT2D eigenvalue weighted by Gasteiger charge is -2.32. The van der Waals surface area contributed by atoms with Crippen LogP contribution in [0.25, 0.3) is 0 Å². The molecular formula is C29H35N3O5S. The molecule has 0 saturated carbocycles. The number of benzene rings is 3. The topological polar surface area (TPSA) is 96.0 Å². The van der Waals surface area contributed by atoms with E-state index in [2.05, 4.69) is 5.32 Å². The van der Waals surface area contributed by atoms with Gasteiger partial charge < -0.3 is 15.0 Å². The van der Waals surface area contributed by atoms with Gasteiger partial charge in [-0.3, -0.25) is 13.9 Å². The summed E-state index contributed by atoms with van der Waals surface area (Å²) in [5.41, 5.74) is 2.13. The SMILES string of the molecule is CCCNC(=O)[C@@H](C)N(Cc1ccccc1)C(=O)CN(c1ccc(C)cc1)S(=O)(=O)c1ccc(OC)cc1. The highest BCUT2D eigenvalue weighted by Crippen LogP contribution is 2.26. The number of carbonyl (C=O) groups is 2. The second-order valence-corrected chi connectivity index (χ2v) is 10.9. The first-order valence-electron chi connectivity index (χ1n) is 12.5. The molecule has 0 aliphatic carbocycles. The Morgan fingerprint density at radius 2 is 1.58 bits per heavy atom. The Morgan fingerprint density at radius 1 is 0.947 bits per heavy atom. The maximum Gasteiger partial charge on any atom is 0.264 e. The van der Waals surface area contributed by atoms with E-state index in [1.165, 1.54) is 24.1 Å². The number of anilines is 1. The quantitative estimate of drug-likeness (QED) is 0.375. The number of nitrogens with zero attached hydrogens (tertiary/aromatic N) is 2. The fourth-order valence-corrected chi connectivity index (χ4v) is 5.29. The number of ether oxygens (including phenoxy) is 1. The number of carbonyl (C=O) groups excluding carboxylic acids is 2. The molecule has 202 valence electrons. The highest BCUT2D eigenvalue weighted by molar-refractivity contribution is 7.92. The van der Waals surface area contributed by atoms with E-state index in [9.17, 15) is 18.0 Å². The molecule has 0 radical (unpaired) electrons. The summed E-state index contributed by atoms with van der Waals surface area (Å²) >= 11 is 0. The molecule has 0 aromatic heterocycles. The predicted octanol–water partition coefficient (Wildman–Crippen LogP) is 4.14. The summed E-state index contributed by atoms with van der Waals surface area (Å²) in [7, 11) is -2.62. The number of hydrogen-bond acceptors (Lipinski definition) is 5. The second-order valence-electron chi connectivity index (χ2n) is 9.00. The average Bonchev–Trinajstić information content (AvgIpc) is 2.93. The molecule has 0 spiro atoms. The Balaban J connectivity index is 2.00. The van der Waals surface area contributed by atoms with Crippen LogP contribution in [-0.4, -0.2) is 51.4 Å². The van der Waals surface area contributed by atoms with Gasteiger partial charge in [0.25, 0.3) is 10.0 Å². The zero-order valence-electron chi connectivity index (χ0n) is 22.3. The number of hydrogen-bond donors (Lipinski definition) is 1. The van der Waals surface area contributed by atoms with Crippen molar-refractivity contribution in [3.05, 3.63) is 90.0 Å². The van der Waals surface area contributed by atoms with Crippen molar-refractivity contribution in [3.8, 4) is 5.75 Å². The van der Waals surface area contributed by atoms with Gasteiger partial charge in [-0.05, 0) is 62.2 Å². The summed E-state index contributed by atoms with van der Waals surface area (Å²) in [6, 6.07) is 21.4. The van der Waals surface area contributed by atoms with Crippen LogP contribution in [0.3, 0.4) is 0 Å². The van der Waals surface area contributed by atoms with Crippen LogP contribution in [-0.2, 0) is 26.2 Å². The minimum atomic E-state index is -4.12. The molecule has 1 N–H and O–H groups in total. The van der Waals surface area contributed by atoms with Crippen LogP contribution in [0, 0.1) is 6.92 Å². The molecular weight excluding hydrogens is 502 g/mol. The van der Waals surface area contributed by atoms with Crippen molar-refractivity contribution in [3.63, 3.8) is 0 Å². The molecule has 0 heterocycles. The van der Waals surface area contributed by atoms with Crippen LogP contribution in [0.15, 0.2) is 83.8 Å². The number of nitrogens with one attached hydrogen (secondary N) is 1. The summed E-state index contributed by atoms with van der Waals surface area (Å²) in [5, 5.41) is 2.83. The highest BCUT2D eigenvalue weighted by Gasteiger charge is 2.32. The smallest absolute Gasteiger partial charge is 0.264 e. The van der Waals surface area contributed by atoms with Crippen molar-refractivity contribution in [2.45, 2.75) is 44.7 Å². The first-order valence-corrected chi connectivity index (χ1v) is 14.0. The van der Waals surface area contributed by atoms with E-state index >= 15 is 0 Å². The third-order valence-electron chi connectivity index (χ3n) is 6.16. The van der Waals surface area contributed by atoms with Crippen LogP contribution >= 0.6 is 0 Å². The maximum atomic E-state index is 13.8. The molecule has 9 heteroatoms. The van der Waals surface area contributed by atoms with Crippen molar-refractivity contribution in [2.75, 3.05) is 24.5 Å². The predicted molar refractivity (Wildman–Crippen MR) is 148 cm³/mol. The van der Waals surface area contributed by atoms with Crippen molar-refractivity contribution in [2.24, 2.45) is 0 Å². The Bertz CT molecular complexity index is 1310. The molecule has 0 unspecified atom stereocenters. The van der Waals surface area contributed by atoms with E-state index < -0.39 is 28.5 Å². The van der Waals surface area contributed by atoms with Gasteiger partial charge in [-0.1, -0.05) is 55.0 Å². The van der Waals surface area contributed by atoms with E-state index in [1.807, 2.05) is 44.2 Å². The molecule has 2 amide bonds. The molecule has 3 aromatic rings. The Kier molecular flexibility index (Phi) is 9.90. The monoisotopic (exact) mass is 537 g/mol. The minimum absolute atomic E-state index is 0.0232. The van der Waals surface area contributed by atoms with Crippen LogP contribution < -0.4 is 14.4 Å². The van der Waals surface area contributed by atoms with Crippen molar-refractivity contribution in [1.29, 1.82) is 0 Å². The van der Waals surface area contributed by atoms with Gasteiger partial charge in [0.05, 0.1) is 17.7 Å². The number of aryl methyl sites for hydroxylation is 1. The van der Waals surface area contributed by atoms with Gasteiger partial charge >= 0.3 is 0 Å². The number of rotatable bonds is 12. The van der Waals surface area contributed by atoms with Crippen LogP contribution in [0.4, 0.5) is 5.69 Å². The van der Waals surface area contributed by atoms with Crippen molar-refractivity contribution >= 4 is 27.5 Å². The van der Waals surface area contributed by atoms with Gasteiger partial charge in [-0.25, -0.2) is 8.42 Å². The largest absolute Gasteiger partial charge is 0.497 e. The summed E-state index contributed by atoms with van der Waals surface area (Å²) in [4.78, 5) is 28.1. The maximum absolute atomic E-state index is 13.8. The molecule has 8 nitrogen and oxygen atoms in total. The number of sulfonamides is 1. The van der Waals surface area contributed by atoms with Gasteiger partial charge in [-0.15, -0.1) is 0 Å². The molecule has 0 saturated heterocycles. The van der Waals surface area contributed by atoms with Crippen LogP contribution in [0.1, 0.15) is 31.4 Å². The summed E-state index contributed by atoms with van der Waals surface area (Å²) < 4.78 is 33.9. The molecule has 0 aliphatic rings. The zero-order chi connectivity index (χ0) is 27.7. The first kappa shape index (κ1) is 28.7. The average molecular weight is 538 g/mol. The Hall–Kier alpha value is -3.85. The normalized spacial score (nSPS) is 11.9. The van der Waals surface area contributed by atoms with E-state index in [1.54, 1.807) is 43.3 Å². The highest BCUT2D eigenvalue weighted by atomic mass is 32.2. The molecule has 1 atom stereocenters. The fourth-order valence-electron chi connectivity index (χ4n) is 3.87. The zero-order valence-corrected chi connectivity index (χ0v) is 23.1. The van der Waals surface area contributed by atoms with Gasteiger partial charge in [0.1, 0.15) is 18.3 Å².